The van der Waals surface area contributed by atoms with Crippen LogP contribution in [-0.2, 0) is 16.4 Å². The van der Waals surface area contributed by atoms with Crippen LogP contribution in [0.5, 0.6) is 11.5 Å². The first-order chi connectivity index (χ1) is 12.4. The Morgan fingerprint density at radius 3 is 2.58 bits per heavy atom. The van der Waals surface area contributed by atoms with E-state index in [1.165, 1.54) is 18.2 Å². The first-order valence-electron chi connectivity index (χ1n) is 8.65. The molecule has 0 saturated carbocycles. The number of halogens is 1. The molecule has 1 aliphatic carbocycles. The lowest BCUT2D eigenvalue weighted by Gasteiger charge is -2.29. The van der Waals surface area contributed by atoms with Crippen LogP contribution in [0.25, 0.3) is 0 Å². The van der Waals surface area contributed by atoms with Crippen LogP contribution in [0.2, 0.25) is 0 Å². The molecule has 5 nitrogen and oxygen atoms in total. The maximum absolute atomic E-state index is 13.5. The van der Waals surface area contributed by atoms with Crippen LogP contribution < -0.4 is 14.2 Å². The minimum atomic E-state index is -3.75. The van der Waals surface area contributed by atoms with Crippen molar-refractivity contribution in [1.82, 2.24) is 4.72 Å². The van der Waals surface area contributed by atoms with Gasteiger partial charge in [-0.05, 0) is 73.2 Å². The van der Waals surface area contributed by atoms with Crippen LogP contribution in [0, 0.1) is 12.7 Å². The van der Waals surface area contributed by atoms with Gasteiger partial charge in [-0.2, -0.15) is 0 Å². The van der Waals surface area contributed by atoms with Gasteiger partial charge in [0.05, 0.1) is 4.90 Å². The van der Waals surface area contributed by atoms with E-state index >= 15 is 0 Å². The average Bonchev–Trinajstić information content (AvgIpc) is 2.62. The van der Waals surface area contributed by atoms with Gasteiger partial charge in [-0.1, -0.05) is 0 Å². The van der Waals surface area contributed by atoms with Crippen LogP contribution in [0.1, 0.15) is 35.6 Å². The van der Waals surface area contributed by atoms with Gasteiger partial charge in [-0.25, -0.2) is 17.5 Å². The van der Waals surface area contributed by atoms with Crippen molar-refractivity contribution < 1.29 is 22.3 Å². The smallest absolute Gasteiger partial charge is 0.241 e. The number of rotatable bonds is 3. The molecule has 0 saturated heterocycles. The molecule has 2 aromatic rings. The van der Waals surface area contributed by atoms with Crippen molar-refractivity contribution >= 4 is 10.0 Å². The summed E-state index contributed by atoms with van der Waals surface area (Å²) in [5, 5.41) is 0. The van der Waals surface area contributed by atoms with Gasteiger partial charge in [0.2, 0.25) is 10.0 Å². The Morgan fingerprint density at radius 1 is 1.12 bits per heavy atom. The summed E-state index contributed by atoms with van der Waals surface area (Å²) in [7, 11) is -3.75. The molecule has 138 valence electrons. The molecule has 0 bridgehead atoms. The second kappa shape index (κ2) is 6.55. The van der Waals surface area contributed by atoms with E-state index < -0.39 is 15.8 Å². The average molecular weight is 377 g/mol. The van der Waals surface area contributed by atoms with Gasteiger partial charge in [0.1, 0.15) is 19.0 Å². The summed E-state index contributed by atoms with van der Waals surface area (Å²) in [6, 6.07) is 7.31. The topological polar surface area (TPSA) is 64.6 Å². The maximum Gasteiger partial charge on any atom is 0.241 e. The fourth-order valence-corrected chi connectivity index (χ4v) is 4.84. The molecule has 2 aromatic carbocycles. The lowest BCUT2D eigenvalue weighted by Crippen LogP contribution is -2.31. The quantitative estimate of drug-likeness (QED) is 0.892. The number of benzene rings is 2. The van der Waals surface area contributed by atoms with Crippen LogP contribution >= 0.6 is 0 Å². The number of hydrogen-bond acceptors (Lipinski definition) is 4. The highest BCUT2D eigenvalue weighted by Crippen LogP contribution is 2.40. The zero-order valence-electron chi connectivity index (χ0n) is 14.4. The zero-order chi connectivity index (χ0) is 18.3. The van der Waals surface area contributed by atoms with Crippen molar-refractivity contribution in [3.8, 4) is 11.5 Å². The van der Waals surface area contributed by atoms with Gasteiger partial charge in [0.15, 0.2) is 11.5 Å². The fraction of sp³-hybridized carbons (Fsp3) is 0.368. The van der Waals surface area contributed by atoms with E-state index in [0.717, 1.165) is 24.0 Å². The Kier molecular flexibility index (Phi) is 4.36. The number of nitrogens with one attached hydrogen (secondary N) is 1. The van der Waals surface area contributed by atoms with Crippen molar-refractivity contribution in [2.45, 2.75) is 37.1 Å². The standard InChI is InChI=1S/C19H20FNO4S/c1-12-9-14(5-6-16(12)20)26(22,23)21-17-4-2-3-13-10-18-19(11-15(13)17)25-8-7-24-18/h5-6,9-11,17,21H,2-4,7-8H2,1H3. The first-order valence-corrected chi connectivity index (χ1v) is 10.1. The normalized spacial score (nSPS) is 19.1. The van der Waals surface area contributed by atoms with E-state index in [2.05, 4.69) is 4.72 Å². The SMILES string of the molecule is Cc1cc(S(=O)(=O)NC2CCCc3cc4c(cc32)OCCO4)ccc1F. The molecule has 1 atom stereocenters. The molecule has 7 heteroatoms. The number of aryl methyl sites for hydroxylation is 2. The molecule has 0 aromatic heterocycles. The molecule has 1 heterocycles. The third kappa shape index (κ3) is 3.17. The van der Waals surface area contributed by atoms with Crippen molar-refractivity contribution in [2.24, 2.45) is 0 Å². The van der Waals surface area contributed by atoms with E-state index in [1.54, 1.807) is 6.92 Å². The zero-order valence-corrected chi connectivity index (χ0v) is 15.2. The molecule has 4 rings (SSSR count). The van der Waals surface area contributed by atoms with E-state index in [-0.39, 0.29) is 10.9 Å². The Labute approximate surface area is 152 Å². The fourth-order valence-electron chi connectivity index (χ4n) is 3.50. The van der Waals surface area contributed by atoms with E-state index in [9.17, 15) is 12.8 Å². The third-order valence-electron chi connectivity index (χ3n) is 4.86. The largest absolute Gasteiger partial charge is 0.486 e. The van der Waals surface area contributed by atoms with Gasteiger partial charge in [-0.3, -0.25) is 0 Å². The van der Waals surface area contributed by atoms with Gasteiger partial charge < -0.3 is 9.47 Å². The summed E-state index contributed by atoms with van der Waals surface area (Å²) < 4.78 is 53.0. The van der Waals surface area contributed by atoms with Gasteiger partial charge in [0, 0.05) is 6.04 Å². The molecule has 2 aliphatic rings. The molecular formula is C19H20FNO4S. The first kappa shape index (κ1) is 17.3. The van der Waals surface area contributed by atoms with Crippen LogP contribution in [-0.4, -0.2) is 21.6 Å². The molecule has 1 unspecified atom stereocenters. The van der Waals surface area contributed by atoms with Crippen molar-refractivity contribution in [2.75, 3.05) is 13.2 Å². The van der Waals surface area contributed by atoms with Crippen LogP contribution in [0.15, 0.2) is 35.2 Å². The summed E-state index contributed by atoms with van der Waals surface area (Å²) in [5.74, 6) is 0.946. The summed E-state index contributed by atoms with van der Waals surface area (Å²) in [6.07, 6.45) is 2.45. The number of sulfonamides is 1. The van der Waals surface area contributed by atoms with E-state index in [4.69, 9.17) is 9.47 Å². The maximum atomic E-state index is 13.5. The Hall–Kier alpha value is -2.12. The monoisotopic (exact) mass is 377 g/mol. The molecule has 0 amide bonds. The number of ether oxygens (including phenoxy) is 2. The van der Waals surface area contributed by atoms with Crippen molar-refractivity contribution in [1.29, 1.82) is 0 Å². The molecule has 0 spiro atoms. The van der Waals surface area contributed by atoms with Gasteiger partial charge in [-0.15, -0.1) is 0 Å². The molecule has 1 aliphatic heterocycles. The molecule has 0 radical (unpaired) electrons. The van der Waals surface area contributed by atoms with Crippen molar-refractivity contribution in [3.05, 3.63) is 52.8 Å². The Bertz CT molecular complexity index is 958. The highest BCUT2D eigenvalue weighted by Gasteiger charge is 2.28. The summed E-state index contributed by atoms with van der Waals surface area (Å²) in [5.41, 5.74) is 2.29. The molecular weight excluding hydrogens is 357 g/mol. The van der Waals surface area contributed by atoms with Gasteiger partial charge >= 0.3 is 0 Å². The lowest BCUT2D eigenvalue weighted by atomic mass is 9.88. The highest BCUT2D eigenvalue weighted by atomic mass is 32.2. The summed E-state index contributed by atoms with van der Waals surface area (Å²) in [4.78, 5) is 0.0704. The Balaban J connectivity index is 1.66. The molecule has 0 fully saturated rings. The molecule has 26 heavy (non-hydrogen) atoms. The lowest BCUT2D eigenvalue weighted by molar-refractivity contribution is 0.171. The van der Waals surface area contributed by atoms with Crippen LogP contribution in [0.3, 0.4) is 0 Å². The summed E-state index contributed by atoms with van der Waals surface area (Å²) in [6.45, 7) is 2.55. The number of hydrogen-bond donors (Lipinski definition) is 1. The second-order valence-electron chi connectivity index (χ2n) is 6.67. The van der Waals surface area contributed by atoms with E-state index in [0.29, 0.717) is 36.7 Å². The minimum Gasteiger partial charge on any atom is -0.486 e. The third-order valence-corrected chi connectivity index (χ3v) is 6.32. The minimum absolute atomic E-state index is 0.0704. The Morgan fingerprint density at radius 2 is 1.85 bits per heavy atom. The van der Waals surface area contributed by atoms with Gasteiger partial charge in [0.25, 0.3) is 0 Å². The predicted molar refractivity (Wildman–Crippen MR) is 94.6 cm³/mol. The number of fused-ring (bicyclic) bond motifs is 2. The van der Waals surface area contributed by atoms with E-state index in [1.807, 2.05) is 12.1 Å². The van der Waals surface area contributed by atoms with Crippen molar-refractivity contribution in [3.63, 3.8) is 0 Å². The predicted octanol–water partition coefficient (Wildman–Crippen LogP) is 3.26. The highest BCUT2D eigenvalue weighted by molar-refractivity contribution is 7.89. The summed E-state index contributed by atoms with van der Waals surface area (Å²) >= 11 is 0. The second-order valence-corrected chi connectivity index (χ2v) is 8.39. The van der Waals surface area contributed by atoms with Crippen LogP contribution in [0.4, 0.5) is 4.39 Å². The molecule has 1 N–H and O–H groups in total.